The molecule has 2 aromatic heterocycles. The third-order valence-corrected chi connectivity index (χ3v) is 7.01. The minimum Gasteiger partial charge on any atom is -0.493 e. The van der Waals surface area contributed by atoms with E-state index in [1.54, 1.807) is 14.2 Å². The molecule has 4 aromatic rings. The van der Waals surface area contributed by atoms with Gasteiger partial charge in [0.25, 0.3) is 0 Å². The van der Waals surface area contributed by atoms with Crippen molar-refractivity contribution in [1.29, 1.82) is 0 Å². The average molecular weight is 459 g/mol. The summed E-state index contributed by atoms with van der Waals surface area (Å²) < 4.78 is 10.8. The Bertz CT molecular complexity index is 1270. The van der Waals surface area contributed by atoms with E-state index in [9.17, 15) is 0 Å². The Morgan fingerprint density at radius 1 is 0.970 bits per heavy atom. The van der Waals surface area contributed by atoms with Crippen LogP contribution in [0.4, 0.5) is 5.69 Å². The number of benzene rings is 2. The Morgan fingerprint density at radius 2 is 1.76 bits per heavy atom. The second-order valence-corrected chi connectivity index (χ2v) is 9.25. The molecule has 0 saturated heterocycles. The maximum Gasteiger partial charge on any atom is 0.161 e. The van der Waals surface area contributed by atoms with E-state index >= 15 is 0 Å². The lowest BCUT2D eigenvalue weighted by atomic mass is 10.1. The standard InChI is InChI=1S/C26H26N4O2S/c1-31-23-9-5-18(13-24(23)32-2)25-10-8-21(33-25)16-30-12-11-22-19(15-30)14-28-26(29-22)17-3-6-20(27)7-4-17/h3-10,13-14H,11-12,15-16,27H2,1-2H3. The first-order chi connectivity index (χ1) is 16.1. The zero-order valence-corrected chi connectivity index (χ0v) is 19.6. The molecule has 0 amide bonds. The van der Waals surface area contributed by atoms with Gasteiger partial charge in [0.1, 0.15) is 0 Å². The first kappa shape index (κ1) is 21.4. The first-order valence-corrected chi connectivity index (χ1v) is 11.7. The number of anilines is 1. The summed E-state index contributed by atoms with van der Waals surface area (Å²) in [5.41, 5.74) is 11.0. The number of hydrogen-bond donors (Lipinski definition) is 1. The number of nitrogens with zero attached hydrogens (tertiary/aromatic N) is 3. The number of nitrogens with two attached hydrogens (primary N) is 1. The van der Waals surface area contributed by atoms with Crippen molar-refractivity contribution < 1.29 is 9.47 Å². The van der Waals surface area contributed by atoms with E-state index in [4.69, 9.17) is 20.2 Å². The van der Waals surface area contributed by atoms with Crippen LogP contribution in [0, 0.1) is 0 Å². The predicted octanol–water partition coefficient (Wildman–Crippen LogP) is 5.03. The Balaban J connectivity index is 1.28. The van der Waals surface area contributed by atoms with Crippen LogP contribution in [0.5, 0.6) is 11.5 Å². The van der Waals surface area contributed by atoms with Gasteiger partial charge in [-0.2, -0.15) is 0 Å². The molecule has 0 bridgehead atoms. The van der Waals surface area contributed by atoms with Crippen molar-refractivity contribution in [2.75, 3.05) is 26.5 Å². The molecule has 2 N–H and O–H groups in total. The average Bonchev–Trinajstić information content (AvgIpc) is 3.32. The van der Waals surface area contributed by atoms with Gasteiger partial charge in [-0.3, -0.25) is 4.90 Å². The molecular weight excluding hydrogens is 432 g/mol. The number of nitrogen functional groups attached to an aromatic ring is 1. The SMILES string of the molecule is COc1ccc(-c2ccc(CN3CCc4nc(-c5ccc(N)cc5)ncc4C3)s2)cc1OC. The van der Waals surface area contributed by atoms with Gasteiger partial charge in [-0.15, -0.1) is 11.3 Å². The van der Waals surface area contributed by atoms with E-state index in [0.717, 1.165) is 65.9 Å². The second-order valence-electron chi connectivity index (χ2n) is 8.08. The molecule has 168 valence electrons. The summed E-state index contributed by atoms with van der Waals surface area (Å²) in [6, 6.07) is 18.2. The lowest BCUT2D eigenvalue weighted by molar-refractivity contribution is 0.245. The Morgan fingerprint density at radius 3 is 2.55 bits per heavy atom. The Labute approximate surface area is 197 Å². The minimum absolute atomic E-state index is 0.742. The van der Waals surface area contributed by atoms with Crippen LogP contribution in [-0.2, 0) is 19.5 Å². The quantitative estimate of drug-likeness (QED) is 0.409. The molecule has 6 nitrogen and oxygen atoms in total. The molecule has 0 fully saturated rings. The predicted molar refractivity (Wildman–Crippen MR) is 133 cm³/mol. The molecule has 1 aliphatic rings. The van der Waals surface area contributed by atoms with Crippen molar-refractivity contribution in [2.24, 2.45) is 0 Å². The van der Waals surface area contributed by atoms with Crippen molar-refractivity contribution >= 4 is 17.0 Å². The number of ether oxygens (including phenoxy) is 2. The van der Waals surface area contributed by atoms with Crippen LogP contribution in [0.15, 0.2) is 60.8 Å². The number of rotatable bonds is 6. The molecule has 0 atom stereocenters. The number of thiophene rings is 1. The summed E-state index contributed by atoms with van der Waals surface area (Å²) in [6.07, 6.45) is 2.90. The van der Waals surface area contributed by atoms with Crippen molar-refractivity contribution in [1.82, 2.24) is 14.9 Å². The van der Waals surface area contributed by atoms with Crippen molar-refractivity contribution in [3.05, 3.63) is 76.9 Å². The molecule has 3 heterocycles. The third-order valence-electron chi connectivity index (χ3n) is 5.89. The van der Waals surface area contributed by atoms with E-state index in [-0.39, 0.29) is 0 Å². The van der Waals surface area contributed by atoms with Gasteiger partial charge in [0.05, 0.1) is 19.9 Å². The molecule has 33 heavy (non-hydrogen) atoms. The highest BCUT2D eigenvalue weighted by atomic mass is 32.1. The number of aromatic nitrogens is 2. The fourth-order valence-electron chi connectivity index (χ4n) is 4.11. The molecule has 1 aliphatic heterocycles. The third kappa shape index (κ3) is 4.55. The van der Waals surface area contributed by atoms with Gasteiger partial charge in [0.2, 0.25) is 0 Å². The number of fused-ring (bicyclic) bond motifs is 1. The van der Waals surface area contributed by atoms with Gasteiger partial charge in [-0.25, -0.2) is 9.97 Å². The number of methoxy groups -OCH3 is 2. The zero-order chi connectivity index (χ0) is 22.8. The van der Waals surface area contributed by atoms with Gasteiger partial charge < -0.3 is 15.2 Å². The van der Waals surface area contributed by atoms with E-state index in [1.807, 2.05) is 53.9 Å². The summed E-state index contributed by atoms with van der Waals surface area (Å²) in [4.78, 5) is 14.5. The maximum absolute atomic E-state index is 5.80. The van der Waals surface area contributed by atoms with E-state index in [0.29, 0.717) is 0 Å². The minimum atomic E-state index is 0.742. The van der Waals surface area contributed by atoms with Gasteiger partial charge in [0, 0.05) is 58.8 Å². The molecule has 0 saturated carbocycles. The topological polar surface area (TPSA) is 73.5 Å². The first-order valence-electron chi connectivity index (χ1n) is 10.9. The van der Waals surface area contributed by atoms with Crippen LogP contribution in [0.3, 0.4) is 0 Å². The summed E-state index contributed by atoms with van der Waals surface area (Å²) in [5.74, 6) is 2.25. The van der Waals surface area contributed by atoms with Crippen LogP contribution in [0.1, 0.15) is 16.1 Å². The van der Waals surface area contributed by atoms with Gasteiger partial charge in [0.15, 0.2) is 17.3 Å². The van der Waals surface area contributed by atoms with E-state index < -0.39 is 0 Å². The summed E-state index contributed by atoms with van der Waals surface area (Å²) in [7, 11) is 3.32. The monoisotopic (exact) mass is 458 g/mol. The molecule has 2 aromatic carbocycles. The highest BCUT2D eigenvalue weighted by Crippen LogP contribution is 2.36. The zero-order valence-electron chi connectivity index (χ0n) is 18.7. The van der Waals surface area contributed by atoms with Gasteiger partial charge in [-0.05, 0) is 60.2 Å². The summed E-state index contributed by atoms with van der Waals surface area (Å²) in [6.45, 7) is 2.76. The summed E-state index contributed by atoms with van der Waals surface area (Å²) in [5, 5.41) is 0. The lowest BCUT2D eigenvalue weighted by Gasteiger charge is -2.27. The molecule has 0 spiro atoms. The maximum atomic E-state index is 5.80. The van der Waals surface area contributed by atoms with Crippen molar-refractivity contribution in [3.8, 4) is 33.3 Å². The van der Waals surface area contributed by atoms with Crippen LogP contribution in [-0.4, -0.2) is 35.6 Å². The molecule has 5 rings (SSSR count). The fraction of sp³-hybridized carbons (Fsp3) is 0.231. The normalized spacial score (nSPS) is 13.5. The highest BCUT2D eigenvalue weighted by Gasteiger charge is 2.20. The molecule has 0 unspecified atom stereocenters. The fourth-order valence-corrected chi connectivity index (χ4v) is 5.16. The van der Waals surface area contributed by atoms with Crippen LogP contribution in [0.2, 0.25) is 0 Å². The second kappa shape index (κ2) is 9.21. The molecule has 7 heteroatoms. The highest BCUT2D eigenvalue weighted by molar-refractivity contribution is 7.15. The largest absolute Gasteiger partial charge is 0.493 e. The van der Waals surface area contributed by atoms with Gasteiger partial charge in [-0.1, -0.05) is 0 Å². The molecular formula is C26H26N4O2S. The molecule has 0 aliphatic carbocycles. The van der Waals surface area contributed by atoms with E-state index in [1.165, 1.54) is 15.3 Å². The van der Waals surface area contributed by atoms with Crippen molar-refractivity contribution in [3.63, 3.8) is 0 Å². The van der Waals surface area contributed by atoms with Crippen LogP contribution in [0.25, 0.3) is 21.8 Å². The van der Waals surface area contributed by atoms with Crippen LogP contribution >= 0.6 is 11.3 Å². The van der Waals surface area contributed by atoms with E-state index in [2.05, 4.69) is 28.1 Å². The Kier molecular flexibility index (Phi) is 5.98. The van der Waals surface area contributed by atoms with Crippen LogP contribution < -0.4 is 15.2 Å². The lowest BCUT2D eigenvalue weighted by Crippen LogP contribution is -2.30. The molecule has 0 radical (unpaired) electrons. The van der Waals surface area contributed by atoms with Gasteiger partial charge >= 0.3 is 0 Å². The Hall–Kier alpha value is -3.42. The summed E-state index contributed by atoms with van der Waals surface area (Å²) >= 11 is 1.81. The smallest absolute Gasteiger partial charge is 0.161 e. The number of hydrogen-bond acceptors (Lipinski definition) is 7. The van der Waals surface area contributed by atoms with Crippen molar-refractivity contribution in [2.45, 2.75) is 19.5 Å².